The first kappa shape index (κ1) is 13.2. The van der Waals surface area contributed by atoms with Crippen molar-refractivity contribution in [2.75, 3.05) is 18.5 Å². The summed E-state index contributed by atoms with van der Waals surface area (Å²) in [5, 5.41) is 6.28. The van der Waals surface area contributed by atoms with E-state index in [1.165, 1.54) is 0 Å². The number of amides is 2. The van der Waals surface area contributed by atoms with Crippen molar-refractivity contribution in [2.24, 2.45) is 5.73 Å². The summed E-state index contributed by atoms with van der Waals surface area (Å²) in [6.07, 6.45) is 0.726. The smallest absolute Gasteiger partial charge is 0.252 e. The molecule has 0 saturated carbocycles. The van der Waals surface area contributed by atoms with E-state index in [1.807, 2.05) is 6.92 Å². The summed E-state index contributed by atoms with van der Waals surface area (Å²) in [5.74, 6) is -0.746. The molecule has 0 saturated heterocycles. The van der Waals surface area contributed by atoms with Crippen molar-refractivity contribution >= 4 is 17.7 Å². The van der Waals surface area contributed by atoms with E-state index >= 15 is 0 Å². The summed E-state index contributed by atoms with van der Waals surface area (Å²) in [6, 6.07) is 0. The summed E-state index contributed by atoms with van der Waals surface area (Å²) >= 11 is 0. The van der Waals surface area contributed by atoms with Crippen LogP contribution in [0.4, 0.5) is 5.88 Å². The largest absolute Gasteiger partial charge is 0.368 e. The first-order chi connectivity index (χ1) is 8.04. The van der Waals surface area contributed by atoms with Gasteiger partial charge in [-0.15, -0.1) is 0 Å². The Bertz CT molecular complexity index is 414. The second-order valence-corrected chi connectivity index (χ2v) is 3.44. The van der Waals surface area contributed by atoms with Gasteiger partial charge >= 0.3 is 0 Å². The van der Waals surface area contributed by atoms with Crippen LogP contribution in [-0.2, 0) is 20.7 Å². The summed E-state index contributed by atoms with van der Waals surface area (Å²) in [6.45, 7) is 3.19. The molecule has 1 rings (SSSR count). The molecular weight excluding hydrogens is 226 g/mol. The molecule has 1 aromatic rings. The van der Waals surface area contributed by atoms with Crippen LogP contribution in [0.3, 0.4) is 0 Å². The maximum absolute atomic E-state index is 11.4. The zero-order valence-corrected chi connectivity index (χ0v) is 9.78. The molecule has 0 unspecified atom stereocenters. The molecule has 0 atom stereocenters. The zero-order valence-electron chi connectivity index (χ0n) is 9.78. The lowest BCUT2D eigenvalue weighted by Crippen LogP contribution is -2.24. The SMILES string of the molecule is CCc1noc(NC(=O)COCC(N)=O)c1C. The predicted octanol–water partition coefficient (Wildman–Crippen LogP) is -0.0142. The summed E-state index contributed by atoms with van der Waals surface area (Å²) in [7, 11) is 0. The molecule has 94 valence electrons. The van der Waals surface area contributed by atoms with Crippen molar-refractivity contribution in [3.63, 3.8) is 0 Å². The molecule has 0 aliphatic heterocycles. The number of carbonyl (C=O) groups excluding carboxylic acids is 2. The number of nitrogens with zero attached hydrogens (tertiary/aromatic N) is 1. The summed E-state index contributed by atoms with van der Waals surface area (Å²) in [4.78, 5) is 21.7. The monoisotopic (exact) mass is 241 g/mol. The molecule has 0 aliphatic carbocycles. The Morgan fingerprint density at radius 2 is 2.18 bits per heavy atom. The molecule has 1 aromatic heterocycles. The van der Waals surface area contributed by atoms with Gasteiger partial charge in [0.2, 0.25) is 11.8 Å². The quantitative estimate of drug-likeness (QED) is 0.728. The number of nitrogens with one attached hydrogen (secondary N) is 1. The molecule has 7 heteroatoms. The van der Waals surface area contributed by atoms with Crippen LogP contribution in [0, 0.1) is 6.92 Å². The van der Waals surface area contributed by atoms with E-state index in [0.29, 0.717) is 5.88 Å². The van der Waals surface area contributed by atoms with Crippen LogP contribution in [0.2, 0.25) is 0 Å². The third-order valence-electron chi connectivity index (χ3n) is 2.09. The third-order valence-corrected chi connectivity index (χ3v) is 2.09. The molecular formula is C10H15N3O4. The van der Waals surface area contributed by atoms with Crippen LogP contribution in [0.15, 0.2) is 4.52 Å². The number of nitrogens with two attached hydrogens (primary N) is 1. The fourth-order valence-electron chi connectivity index (χ4n) is 1.22. The van der Waals surface area contributed by atoms with Gasteiger partial charge in [0.05, 0.1) is 5.69 Å². The fraction of sp³-hybridized carbons (Fsp3) is 0.500. The number of hydrogen-bond donors (Lipinski definition) is 2. The molecule has 17 heavy (non-hydrogen) atoms. The summed E-state index contributed by atoms with van der Waals surface area (Å²) < 4.78 is 9.71. The van der Waals surface area contributed by atoms with Gasteiger partial charge < -0.3 is 15.0 Å². The molecule has 2 amide bonds. The molecule has 7 nitrogen and oxygen atoms in total. The number of anilines is 1. The molecule has 3 N–H and O–H groups in total. The number of aromatic nitrogens is 1. The van der Waals surface area contributed by atoms with Gasteiger partial charge in [0, 0.05) is 5.56 Å². The lowest BCUT2D eigenvalue weighted by atomic mass is 10.2. The normalized spacial score (nSPS) is 10.2. The molecule has 0 spiro atoms. The van der Waals surface area contributed by atoms with Crippen molar-refractivity contribution in [2.45, 2.75) is 20.3 Å². The fourth-order valence-corrected chi connectivity index (χ4v) is 1.22. The first-order valence-electron chi connectivity index (χ1n) is 5.15. The van der Waals surface area contributed by atoms with Gasteiger partial charge in [0.25, 0.3) is 5.91 Å². The Morgan fingerprint density at radius 1 is 1.47 bits per heavy atom. The lowest BCUT2D eigenvalue weighted by molar-refractivity contribution is -0.126. The van der Waals surface area contributed by atoms with E-state index in [4.69, 9.17) is 15.0 Å². The minimum atomic E-state index is -0.623. The van der Waals surface area contributed by atoms with E-state index in [2.05, 4.69) is 10.5 Å². The van der Waals surface area contributed by atoms with E-state index in [1.54, 1.807) is 6.92 Å². The molecule has 0 fully saturated rings. The average molecular weight is 241 g/mol. The molecule has 1 heterocycles. The van der Waals surface area contributed by atoms with Crippen LogP contribution < -0.4 is 11.1 Å². The van der Waals surface area contributed by atoms with E-state index < -0.39 is 11.8 Å². The Hall–Kier alpha value is -1.89. The Balaban J connectivity index is 2.45. The maximum Gasteiger partial charge on any atom is 0.252 e. The highest BCUT2D eigenvalue weighted by molar-refractivity contribution is 5.91. The molecule has 0 aromatic carbocycles. The van der Waals surface area contributed by atoms with E-state index in [0.717, 1.165) is 17.7 Å². The highest BCUT2D eigenvalue weighted by Crippen LogP contribution is 2.18. The standard InChI is InChI=1S/C10H15N3O4/c1-3-7-6(2)10(17-13-7)12-9(15)5-16-4-8(11)14/h3-5H2,1-2H3,(H2,11,14)(H,12,15). The van der Waals surface area contributed by atoms with Crippen molar-refractivity contribution in [1.82, 2.24) is 5.16 Å². The van der Waals surface area contributed by atoms with Crippen LogP contribution in [0.1, 0.15) is 18.2 Å². The van der Waals surface area contributed by atoms with E-state index in [9.17, 15) is 9.59 Å². The van der Waals surface area contributed by atoms with Gasteiger partial charge in [-0.05, 0) is 13.3 Å². The van der Waals surface area contributed by atoms with Crippen LogP contribution in [0.5, 0.6) is 0 Å². The Kier molecular flexibility index (Phi) is 4.65. The number of ether oxygens (including phenoxy) is 1. The predicted molar refractivity (Wildman–Crippen MR) is 59.3 cm³/mol. The second kappa shape index (κ2) is 6.00. The number of aryl methyl sites for hydroxylation is 1. The number of carbonyl (C=O) groups is 2. The van der Waals surface area contributed by atoms with Crippen LogP contribution in [0.25, 0.3) is 0 Å². The van der Waals surface area contributed by atoms with Gasteiger partial charge in [0.1, 0.15) is 13.2 Å². The van der Waals surface area contributed by atoms with Crippen molar-refractivity contribution in [1.29, 1.82) is 0 Å². The zero-order chi connectivity index (χ0) is 12.8. The first-order valence-corrected chi connectivity index (χ1v) is 5.15. The van der Waals surface area contributed by atoms with E-state index in [-0.39, 0.29) is 13.2 Å². The minimum Gasteiger partial charge on any atom is -0.368 e. The lowest BCUT2D eigenvalue weighted by Gasteiger charge is -2.02. The Morgan fingerprint density at radius 3 is 2.71 bits per heavy atom. The highest BCUT2D eigenvalue weighted by atomic mass is 16.5. The topological polar surface area (TPSA) is 107 Å². The van der Waals surface area contributed by atoms with Gasteiger partial charge in [-0.1, -0.05) is 12.1 Å². The molecule has 0 radical (unpaired) electrons. The van der Waals surface area contributed by atoms with Crippen molar-refractivity contribution < 1.29 is 18.8 Å². The maximum atomic E-state index is 11.4. The molecule has 0 aliphatic rings. The van der Waals surface area contributed by atoms with Crippen LogP contribution in [-0.4, -0.2) is 30.2 Å². The number of rotatable bonds is 6. The van der Waals surface area contributed by atoms with Crippen molar-refractivity contribution in [3.05, 3.63) is 11.3 Å². The van der Waals surface area contributed by atoms with Gasteiger partial charge in [0.15, 0.2) is 0 Å². The average Bonchev–Trinajstić information content (AvgIpc) is 2.59. The number of hydrogen-bond acceptors (Lipinski definition) is 5. The van der Waals surface area contributed by atoms with Crippen molar-refractivity contribution in [3.8, 4) is 0 Å². The highest BCUT2D eigenvalue weighted by Gasteiger charge is 2.13. The number of primary amides is 1. The minimum absolute atomic E-state index is 0.259. The van der Waals surface area contributed by atoms with Crippen LogP contribution >= 0.6 is 0 Å². The Labute approximate surface area is 98.3 Å². The third kappa shape index (κ3) is 3.87. The second-order valence-electron chi connectivity index (χ2n) is 3.44. The summed E-state index contributed by atoms with van der Waals surface area (Å²) in [5.41, 5.74) is 6.43. The van der Waals surface area contributed by atoms with Gasteiger partial charge in [-0.3, -0.25) is 14.9 Å². The van der Waals surface area contributed by atoms with Gasteiger partial charge in [-0.25, -0.2) is 0 Å². The molecule has 0 bridgehead atoms. The van der Waals surface area contributed by atoms with Gasteiger partial charge in [-0.2, -0.15) is 0 Å².